The zero-order valence-corrected chi connectivity index (χ0v) is 12.2. The molecule has 0 amide bonds. The molecule has 3 aromatic rings. The van der Waals surface area contributed by atoms with Gasteiger partial charge >= 0.3 is 6.01 Å². The molecule has 0 saturated heterocycles. The summed E-state index contributed by atoms with van der Waals surface area (Å²) < 4.78 is 19.3. The van der Waals surface area contributed by atoms with Crippen molar-refractivity contribution in [2.24, 2.45) is 0 Å². The number of halogens is 1. The number of rotatable bonds is 4. The molecule has 0 radical (unpaired) electrons. The van der Waals surface area contributed by atoms with Gasteiger partial charge in [0.25, 0.3) is 5.56 Å². The molecule has 116 valence electrons. The SMILES string of the molecule is COc1ncc(-c2ccc(=O)n(Cc3cncc(F)c3)n2)cn1. The van der Waals surface area contributed by atoms with Gasteiger partial charge in [-0.1, -0.05) is 0 Å². The fraction of sp³-hybridized carbons (Fsp3) is 0.133. The van der Waals surface area contributed by atoms with Gasteiger partial charge in [0, 0.05) is 30.2 Å². The molecule has 0 aliphatic carbocycles. The van der Waals surface area contributed by atoms with Crippen LogP contribution in [-0.2, 0) is 6.54 Å². The summed E-state index contributed by atoms with van der Waals surface area (Å²) in [5.41, 5.74) is 1.41. The van der Waals surface area contributed by atoms with Crippen LogP contribution in [-0.4, -0.2) is 31.8 Å². The number of pyridine rings is 1. The van der Waals surface area contributed by atoms with Crippen LogP contribution >= 0.6 is 0 Å². The van der Waals surface area contributed by atoms with Crippen LogP contribution in [0.15, 0.2) is 47.8 Å². The molecule has 0 atom stereocenters. The number of nitrogens with zero attached hydrogens (tertiary/aromatic N) is 5. The van der Waals surface area contributed by atoms with Crippen molar-refractivity contribution < 1.29 is 9.13 Å². The Morgan fingerprint density at radius 1 is 1.17 bits per heavy atom. The van der Waals surface area contributed by atoms with Crippen LogP contribution in [0, 0.1) is 5.82 Å². The van der Waals surface area contributed by atoms with E-state index in [-0.39, 0.29) is 18.1 Å². The van der Waals surface area contributed by atoms with Crippen LogP contribution in [0.3, 0.4) is 0 Å². The van der Waals surface area contributed by atoms with E-state index < -0.39 is 5.82 Å². The summed E-state index contributed by atoms with van der Waals surface area (Å²) >= 11 is 0. The number of methoxy groups -OCH3 is 1. The average Bonchev–Trinajstić information content (AvgIpc) is 2.57. The maximum absolute atomic E-state index is 13.2. The van der Waals surface area contributed by atoms with Gasteiger partial charge in [0.1, 0.15) is 5.82 Å². The molecule has 0 bridgehead atoms. The van der Waals surface area contributed by atoms with Crippen LogP contribution < -0.4 is 10.3 Å². The number of aromatic nitrogens is 5. The van der Waals surface area contributed by atoms with E-state index in [0.29, 0.717) is 16.8 Å². The monoisotopic (exact) mass is 313 g/mol. The highest BCUT2D eigenvalue weighted by molar-refractivity contribution is 5.55. The summed E-state index contributed by atoms with van der Waals surface area (Å²) in [4.78, 5) is 23.7. The van der Waals surface area contributed by atoms with E-state index >= 15 is 0 Å². The Morgan fingerprint density at radius 2 is 1.96 bits per heavy atom. The molecule has 0 N–H and O–H groups in total. The van der Waals surface area contributed by atoms with Gasteiger partial charge in [-0.3, -0.25) is 9.78 Å². The molecule has 0 aliphatic heterocycles. The van der Waals surface area contributed by atoms with E-state index in [1.807, 2.05) is 0 Å². The van der Waals surface area contributed by atoms with Crippen molar-refractivity contribution in [3.8, 4) is 17.3 Å². The molecule has 3 aromatic heterocycles. The van der Waals surface area contributed by atoms with Gasteiger partial charge < -0.3 is 4.74 Å². The predicted molar refractivity (Wildman–Crippen MR) is 79.4 cm³/mol. The maximum atomic E-state index is 13.2. The Bertz CT molecular complexity index is 880. The highest BCUT2D eigenvalue weighted by Gasteiger charge is 2.06. The van der Waals surface area contributed by atoms with E-state index in [2.05, 4.69) is 20.1 Å². The highest BCUT2D eigenvalue weighted by Crippen LogP contribution is 2.14. The summed E-state index contributed by atoms with van der Waals surface area (Å²) in [6.07, 6.45) is 5.69. The lowest BCUT2D eigenvalue weighted by Crippen LogP contribution is -2.23. The van der Waals surface area contributed by atoms with Crippen LogP contribution in [0.2, 0.25) is 0 Å². The van der Waals surface area contributed by atoms with E-state index in [1.165, 1.54) is 30.1 Å². The lowest BCUT2D eigenvalue weighted by atomic mass is 10.2. The fourth-order valence-electron chi connectivity index (χ4n) is 1.99. The van der Waals surface area contributed by atoms with Crippen molar-refractivity contribution in [3.63, 3.8) is 0 Å². The van der Waals surface area contributed by atoms with Crippen LogP contribution in [0.1, 0.15) is 5.56 Å². The number of hydrogen-bond acceptors (Lipinski definition) is 6. The van der Waals surface area contributed by atoms with Crippen LogP contribution in [0.25, 0.3) is 11.3 Å². The Labute approximate surface area is 130 Å². The van der Waals surface area contributed by atoms with E-state index in [9.17, 15) is 9.18 Å². The minimum Gasteiger partial charge on any atom is -0.467 e. The first-order valence-electron chi connectivity index (χ1n) is 6.70. The first kappa shape index (κ1) is 14.8. The van der Waals surface area contributed by atoms with E-state index in [0.717, 1.165) is 6.20 Å². The summed E-state index contributed by atoms with van der Waals surface area (Å²) in [7, 11) is 1.47. The average molecular weight is 313 g/mol. The third-order valence-corrected chi connectivity index (χ3v) is 3.07. The van der Waals surface area contributed by atoms with E-state index in [4.69, 9.17) is 4.74 Å². The Balaban J connectivity index is 1.93. The summed E-state index contributed by atoms with van der Waals surface area (Å²) in [5.74, 6) is -0.463. The second kappa shape index (κ2) is 6.30. The van der Waals surface area contributed by atoms with Gasteiger partial charge in [-0.25, -0.2) is 19.0 Å². The largest absolute Gasteiger partial charge is 0.467 e. The van der Waals surface area contributed by atoms with Crippen molar-refractivity contribution >= 4 is 0 Å². The lowest BCUT2D eigenvalue weighted by Gasteiger charge is -2.07. The first-order chi connectivity index (χ1) is 11.2. The second-order valence-corrected chi connectivity index (χ2v) is 4.68. The van der Waals surface area contributed by atoms with Crippen molar-refractivity contribution in [2.75, 3.05) is 7.11 Å². The summed E-state index contributed by atoms with van der Waals surface area (Å²) in [6, 6.07) is 4.52. The number of hydrogen-bond donors (Lipinski definition) is 0. The van der Waals surface area contributed by atoms with Gasteiger partial charge in [0.15, 0.2) is 0 Å². The van der Waals surface area contributed by atoms with Crippen LogP contribution in [0.4, 0.5) is 4.39 Å². The molecule has 23 heavy (non-hydrogen) atoms. The topological polar surface area (TPSA) is 82.8 Å². The van der Waals surface area contributed by atoms with E-state index in [1.54, 1.807) is 18.5 Å². The molecule has 7 nitrogen and oxygen atoms in total. The predicted octanol–water partition coefficient (Wildman–Crippen LogP) is 1.29. The molecule has 3 heterocycles. The van der Waals surface area contributed by atoms with Gasteiger partial charge in [0.05, 0.1) is 25.5 Å². The molecule has 8 heteroatoms. The normalized spacial score (nSPS) is 10.5. The molecule has 0 aromatic carbocycles. The minimum atomic E-state index is -0.463. The molecule has 3 rings (SSSR count). The molecule has 0 aliphatic rings. The molecule has 0 fully saturated rings. The zero-order valence-electron chi connectivity index (χ0n) is 12.2. The zero-order chi connectivity index (χ0) is 16.2. The fourth-order valence-corrected chi connectivity index (χ4v) is 1.99. The summed E-state index contributed by atoms with van der Waals surface area (Å²) in [6.45, 7) is 0.119. The quantitative estimate of drug-likeness (QED) is 0.722. The number of ether oxygens (including phenoxy) is 1. The third kappa shape index (κ3) is 3.37. The van der Waals surface area contributed by atoms with Crippen molar-refractivity contribution in [3.05, 3.63) is 64.7 Å². The van der Waals surface area contributed by atoms with Crippen molar-refractivity contribution in [1.82, 2.24) is 24.7 Å². The summed E-state index contributed by atoms with van der Waals surface area (Å²) in [5, 5.41) is 4.26. The van der Waals surface area contributed by atoms with Gasteiger partial charge in [-0.15, -0.1) is 0 Å². The Hall–Kier alpha value is -3.16. The Morgan fingerprint density at radius 3 is 2.65 bits per heavy atom. The molecular weight excluding hydrogens is 301 g/mol. The van der Waals surface area contributed by atoms with Gasteiger partial charge in [-0.2, -0.15) is 5.10 Å². The molecule has 0 saturated carbocycles. The minimum absolute atomic E-state index is 0.119. The van der Waals surface area contributed by atoms with Gasteiger partial charge in [0.2, 0.25) is 0 Å². The standard InChI is InChI=1S/C15H12FN5O2/c1-23-15-18-6-11(7-19-15)13-2-3-14(22)21(20-13)9-10-4-12(16)8-17-5-10/h2-8H,9H2,1H3. The maximum Gasteiger partial charge on any atom is 0.316 e. The van der Waals surface area contributed by atoms with Crippen LogP contribution in [0.5, 0.6) is 6.01 Å². The molecule has 0 spiro atoms. The second-order valence-electron chi connectivity index (χ2n) is 4.68. The van der Waals surface area contributed by atoms with Crippen molar-refractivity contribution in [2.45, 2.75) is 6.54 Å². The smallest absolute Gasteiger partial charge is 0.316 e. The molecular formula is C15H12FN5O2. The lowest BCUT2D eigenvalue weighted by molar-refractivity contribution is 0.380. The highest BCUT2D eigenvalue weighted by atomic mass is 19.1. The third-order valence-electron chi connectivity index (χ3n) is 3.07. The van der Waals surface area contributed by atoms with Crippen molar-refractivity contribution in [1.29, 1.82) is 0 Å². The van der Waals surface area contributed by atoms with Gasteiger partial charge in [-0.05, 0) is 17.7 Å². The first-order valence-corrected chi connectivity index (χ1v) is 6.70. The molecule has 0 unspecified atom stereocenters. The Kier molecular flexibility index (Phi) is 4.05.